The van der Waals surface area contributed by atoms with Gasteiger partial charge in [0, 0.05) is 39.0 Å². The molecule has 0 bridgehead atoms. The predicted octanol–water partition coefficient (Wildman–Crippen LogP) is 1.50. The van der Waals surface area contributed by atoms with Gasteiger partial charge >= 0.3 is 0 Å². The van der Waals surface area contributed by atoms with E-state index in [-0.39, 0.29) is 12.4 Å². The molecule has 2 saturated heterocycles. The van der Waals surface area contributed by atoms with Gasteiger partial charge in [-0.3, -0.25) is 19.2 Å². The zero-order valence-electron chi connectivity index (χ0n) is 19.2. The van der Waals surface area contributed by atoms with Crippen LogP contribution >= 0.6 is 0 Å². The molecule has 2 atom stereocenters. The number of carbonyl (C=O) groups excluding carboxylic acids is 1. The number of hydrogen-bond acceptors (Lipinski definition) is 6. The Morgan fingerprint density at radius 3 is 2.48 bits per heavy atom. The predicted molar refractivity (Wildman–Crippen MR) is 117 cm³/mol. The third-order valence-electron chi connectivity index (χ3n) is 6.32. The van der Waals surface area contributed by atoms with Crippen molar-refractivity contribution in [2.75, 3.05) is 26.2 Å². The van der Waals surface area contributed by atoms with E-state index in [2.05, 4.69) is 35.2 Å². The molecule has 3 N–H and O–H groups in total. The Morgan fingerprint density at radius 1 is 1.35 bits per heavy atom. The summed E-state index contributed by atoms with van der Waals surface area (Å²) in [6.45, 7) is 11.0. The first-order valence-corrected chi connectivity index (χ1v) is 10.7. The number of aliphatic hydroxyl groups is 1. The van der Waals surface area contributed by atoms with Crippen molar-refractivity contribution in [3.05, 3.63) is 29.1 Å². The molecule has 2 aliphatic rings. The Morgan fingerprint density at radius 2 is 1.97 bits per heavy atom. The molecular weight excluding hydrogens is 400 g/mol. The summed E-state index contributed by atoms with van der Waals surface area (Å²) >= 11 is 0. The molecule has 1 aromatic heterocycles. The maximum absolute atomic E-state index is 12.7. The van der Waals surface area contributed by atoms with Crippen molar-refractivity contribution in [2.45, 2.75) is 64.2 Å². The number of nitrogens with zero attached hydrogens (tertiary/aromatic N) is 3. The van der Waals surface area contributed by atoms with Crippen LogP contribution in [0.25, 0.3) is 0 Å². The highest BCUT2D eigenvalue weighted by atomic mass is 16.5. The fourth-order valence-electron chi connectivity index (χ4n) is 4.23. The number of likely N-dealkylation sites (tertiary alicyclic amines) is 1. The van der Waals surface area contributed by atoms with E-state index in [4.69, 9.17) is 14.6 Å². The second kappa shape index (κ2) is 10.4. The van der Waals surface area contributed by atoms with Crippen LogP contribution in [0, 0.1) is 6.92 Å². The minimum atomic E-state index is -0.756. The first-order valence-electron chi connectivity index (χ1n) is 10.7. The number of amides is 1. The number of carbonyl (C=O) groups is 2. The Bertz CT molecular complexity index is 774. The van der Waals surface area contributed by atoms with E-state index in [1.165, 1.54) is 5.57 Å². The van der Waals surface area contributed by atoms with E-state index in [0.717, 1.165) is 38.2 Å². The summed E-state index contributed by atoms with van der Waals surface area (Å²) in [6, 6.07) is 1.77. The number of aromatic nitrogens is 2. The third kappa shape index (κ3) is 5.93. The van der Waals surface area contributed by atoms with Gasteiger partial charge in [0.2, 0.25) is 0 Å². The third-order valence-corrected chi connectivity index (χ3v) is 6.32. The van der Waals surface area contributed by atoms with Crippen LogP contribution < -0.4 is 5.32 Å². The van der Waals surface area contributed by atoms with Gasteiger partial charge in [0.15, 0.2) is 0 Å². The quantitative estimate of drug-likeness (QED) is 0.484. The summed E-state index contributed by atoms with van der Waals surface area (Å²) in [6.07, 6.45) is 3.58. The summed E-state index contributed by atoms with van der Waals surface area (Å²) in [5.41, 5.74) is 1.28. The lowest BCUT2D eigenvalue weighted by Crippen LogP contribution is -2.69. The number of hydrogen-bond donors (Lipinski definition) is 3. The van der Waals surface area contributed by atoms with Crippen LogP contribution in [-0.2, 0) is 16.6 Å². The zero-order chi connectivity index (χ0) is 23.2. The average Bonchev–Trinajstić information content (AvgIpc) is 3.05. The molecule has 3 heterocycles. The molecule has 9 nitrogen and oxygen atoms in total. The standard InChI is InChI=1S/C21H34N4O3.CH2O2/c1-15(2)6-10-25-11-7-21(8-12-25)19(27)20(4,9-13-28-21)22-18(26)17-14-16(3)24(5)23-17;2-1-3/h6,14,19,27H,7-13H2,1-5H3,(H,22,26);1H,(H,2,3)/t19-,20+;/m0./s1. The van der Waals surface area contributed by atoms with Gasteiger partial charge in [-0.05, 0) is 53.0 Å². The molecule has 2 fully saturated rings. The van der Waals surface area contributed by atoms with Crippen LogP contribution in [0.15, 0.2) is 17.7 Å². The molecule has 0 saturated carbocycles. The first kappa shape index (κ1) is 25.0. The number of carboxylic acid groups (broad SMARTS) is 1. The van der Waals surface area contributed by atoms with Crippen molar-refractivity contribution in [3.63, 3.8) is 0 Å². The van der Waals surface area contributed by atoms with Gasteiger partial charge in [-0.1, -0.05) is 11.6 Å². The highest BCUT2D eigenvalue weighted by molar-refractivity contribution is 5.93. The Hall–Kier alpha value is -2.23. The summed E-state index contributed by atoms with van der Waals surface area (Å²) in [5, 5.41) is 25.5. The van der Waals surface area contributed by atoms with E-state index < -0.39 is 17.2 Å². The fourth-order valence-corrected chi connectivity index (χ4v) is 4.23. The second-order valence-corrected chi connectivity index (χ2v) is 8.92. The number of allylic oxidation sites excluding steroid dienone is 1. The minimum absolute atomic E-state index is 0.247. The van der Waals surface area contributed by atoms with Gasteiger partial charge < -0.3 is 20.3 Å². The number of aryl methyl sites for hydroxylation is 2. The van der Waals surface area contributed by atoms with E-state index in [1.54, 1.807) is 10.7 Å². The minimum Gasteiger partial charge on any atom is -0.483 e. The maximum atomic E-state index is 12.7. The number of rotatable bonds is 4. The molecule has 2 aliphatic heterocycles. The van der Waals surface area contributed by atoms with Crippen LogP contribution in [-0.4, -0.2) is 80.8 Å². The van der Waals surface area contributed by atoms with Crippen molar-refractivity contribution in [1.82, 2.24) is 20.0 Å². The van der Waals surface area contributed by atoms with Crippen LogP contribution in [0.1, 0.15) is 56.2 Å². The highest BCUT2D eigenvalue weighted by Crippen LogP contribution is 2.40. The van der Waals surface area contributed by atoms with Gasteiger partial charge in [0.1, 0.15) is 11.8 Å². The molecule has 9 heteroatoms. The van der Waals surface area contributed by atoms with Gasteiger partial charge in [0.25, 0.3) is 12.4 Å². The van der Waals surface area contributed by atoms with Crippen molar-refractivity contribution >= 4 is 12.4 Å². The summed E-state index contributed by atoms with van der Waals surface area (Å²) in [5.74, 6) is -0.247. The monoisotopic (exact) mass is 436 g/mol. The summed E-state index contributed by atoms with van der Waals surface area (Å²) < 4.78 is 7.82. The van der Waals surface area contributed by atoms with Crippen LogP contribution in [0.2, 0.25) is 0 Å². The van der Waals surface area contributed by atoms with Crippen LogP contribution in [0.4, 0.5) is 0 Å². The molecule has 0 aromatic carbocycles. The Labute approximate surface area is 184 Å². The molecular formula is C22H36N4O5. The first-order chi connectivity index (χ1) is 14.6. The van der Waals surface area contributed by atoms with Crippen molar-refractivity contribution in [3.8, 4) is 0 Å². The lowest BCUT2D eigenvalue weighted by molar-refractivity contribution is -0.205. The molecule has 1 aromatic rings. The largest absolute Gasteiger partial charge is 0.483 e. The molecule has 1 amide bonds. The van der Waals surface area contributed by atoms with E-state index in [0.29, 0.717) is 18.7 Å². The lowest BCUT2D eigenvalue weighted by atomic mass is 9.73. The molecule has 0 radical (unpaired) electrons. The normalized spacial score (nSPS) is 25.3. The smallest absolute Gasteiger partial charge is 0.290 e. The van der Waals surface area contributed by atoms with E-state index in [9.17, 15) is 9.90 Å². The number of nitrogens with one attached hydrogen (secondary N) is 1. The summed E-state index contributed by atoms with van der Waals surface area (Å²) in [7, 11) is 1.81. The lowest BCUT2D eigenvalue weighted by Gasteiger charge is -2.53. The molecule has 174 valence electrons. The van der Waals surface area contributed by atoms with Crippen molar-refractivity contribution in [2.24, 2.45) is 7.05 Å². The summed E-state index contributed by atoms with van der Waals surface area (Å²) in [4.78, 5) is 23.5. The Kier molecular flexibility index (Phi) is 8.39. The molecule has 31 heavy (non-hydrogen) atoms. The molecule has 0 unspecified atom stereocenters. The average molecular weight is 437 g/mol. The number of aliphatic hydroxyl groups excluding tert-OH is 1. The molecule has 3 rings (SSSR count). The molecule has 1 spiro atoms. The van der Waals surface area contributed by atoms with Gasteiger partial charge in [-0.15, -0.1) is 0 Å². The van der Waals surface area contributed by atoms with Gasteiger partial charge in [-0.25, -0.2) is 0 Å². The van der Waals surface area contributed by atoms with E-state index >= 15 is 0 Å². The zero-order valence-corrected chi connectivity index (χ0v) is 19.2. The highest BCUT2D eigenvalue weighted by Gasteiger charge is 2.53. The SMILES string of the molecule is CC(C)=CCN1CCC2(CC1)OCC[C@@](C)(NC(=O)c1cc(C)n(C)n1)[C@@H]2O.O=CO. The Balaban J connectivity index is 0.00000107. The van der Waals surface area contributed by atoms with Crippen molar-refractivity contribution in [1.29, 1.82) is 0 Å². The topological polar surface area (TPSA) is 117 Å². The van der Waals surface area contributed by atoms with Crippen LogP contribution in [0.3, 0.4) is 0 Å². The van der Waals surface area contributed by atoms with E-state index in [1.807, 2.05) is 20.9 Å². The number of ether oxygens (including phenoxy) is 1. The van der Waals surface area contributed by atoms with Gasteiger partial charge in [-0.2, -0.15) is 5.10 Å². The fraction of sp³-hybridized carbons (Fsp3) is 0.682. The second-order valence-electron chi connectivity index (χ2n) is 8.92. The maximum Gasteiger partial charge on any atom is 0.290 e. The molecule has 0 aliphatic carbocycles. The van der Waals surface area contributed by atoms with Crippen molar-refractivity contribution < 1.29 is 24.5 Å². The number of piperidine rings is 1. The van der Waals surface area contributed by atoms with Crippen LogP contribution in [0.5, 0.6) is 0 Å². The van der Waals surface area contributed by atoms with Gasteiger partial charge in [0.05, 0.1) is 11.1 Å².